The zero-order chi connectivity index (χ0) is 40.4. The van der Waals surface area contributed by atoms with Gasteiger partial charge in [0.05, 0.1) is 36.8 Å². The Morgan fingerprint density at radius 1 is 0.793 bits per heavy atom. The van der Waals surface area contributed by atoms with Crippen LogP contribution in [0.2, 0.25) is 5.04 Å². The molecule has 2 aliphatic heterocycles. The first-order chi connectivity index (χ1) is 28.0. The second kappa shape index (κ2) is 16.4. The van der Waals surface area contributed by atoms with Crippen molar-refractivity contribution in [3.05, 3.63) is 162 Å². The number of rotatable bonds is 12. The van der Waals surface area contributed by atoms with E-state index in [2.05, 4.69) is 87.6 Å². The summed E-state index contributed by atoms with van der Waals surface area (Å²) in [5, 5.41) is 15.3. The van der Waals surface area contributed by atoms with E-state index in [1.165, 1.54) is 20.8 Å². The van der Waals surface area contributed by atoms with Gasteiger partial charge in [0, 0.05) is 17.3 Å². The maximum absolute atomic E-state index is 14.6. The van der Waals surface area contributed by atoms with Crippen molar-refractivity contribution in [1.82, 2.24) is 0 Å². The van der Waals surface area contributed by atoms with Crippen LogP contribution in [0.15, 0.2) is 156 Å². The van der Waals surface area contributed by atoms with E-state index in [1.807, 2.05) is 78.9 Å². The third-order valence-corrected chi connectivity index (χ3v) is 17.2. The van der Waals surface area contributed by atoms with Gasteiger partial charge in [-0.25, -0.2) is 0 Å². The molecular formula is C50H52N2O5Si. The summed E-state index contributed by atoms with van der Waals surface area (Å²) in [5.41, 5.74) is 6.87. The molecule has 8 heteroatoms. The number of phenolic OH excluding ortho intramolecular Hbond substituents is 1. The largest absolute Gasteiger partial charge is 0.508 e. The number of ether oxygens (including phenoxy) is 1. The fourth-order valence-corrected chi connectivity index (χ4v) is 14.0. The molecule has 2 amide bonds. The number of allylic oxidation sites excluding steroid dienone is 1. The highest BCUT2D eigenvalue weighted by Gasteiger charge is 2.58. The fourth-order valence-electron chi connectivity index (χ4n) is 9.48. The first-order valence-corrected chi connectivity index (χ1v) is 22.3. The summed E-state index contributed by atoms with van der Waals surface area (Å²) in [6.45, 7) is 9.69. The van der Waals surface area contributed by atoms with Crippen molar-refractivity contribution in [2.45, 2.75) is 58.1 Å². The number of fused-ring (bicyclic) bond motifs is 3. The molecule has 0 aromatic heterocycles. The molecule has 0 saturated carbocycles. The number of phenols is 1. The Labute approximate surface area is 343 Å². The molecule has 0 unspecified atom stereocenters. The summed E-state index contributed by atoms with van der Waals surface area (Å²) in [6.07, 6.45) is 3.93. The van der Waals surface area contributed by atoms with Gasteiger partial charge in [-0.05, 0) is 107 Å². The molecule has 2 saturated heterocycles. The van der Waals surface area contributed by atoms with Gasteiger partial charge in [-0.1, -0.05) is 123 Å². The highest BCUT2D eigenvalue weighted by Crippen LogP contribution is 2.51. The lowest BCUT2D eigenvalue weighted by atomic mass is 9.69. The van der Waals surface area contributed by atoms with Gasteiger partial charge in [-0.2, -0.15) is 0 Å². The predicted octanol–water partition coefficient (Wildman–Crippen LogP) is 9.42. The van der Waals surface area contributed by atoms with Gasteiger partial charge in [0.1, 0.15) is 5.75 Å². The zero-order valence-electron chi connectivity index (χ0n) is 33.7. The Hall–Kier alpha value is -5.54. The topological polar surface area (TPSA) is 88.1 Å². The normalized spacial score (nSPS) is 21.0. The van der Waals surface area contributed by atoms with Crippen LogP contribution >= 0.6 is 0 Å². The van der Waals surface area contributed by atoms with Crippen LogP contribution < -0.4 is 20.6 Å². The van der Waals surface area contributed by atoms with E-state index in [-0.39, 0.29) is 34.6 Å². The molecular weight excluding hydrogens is 737 g/mol. The third kappa shape index (κ3) is 7.60. The van der Waals surface area contributed by atoms with E-state index in [4.69, 9.17) is 9.16 Å². The summed E-state index contributed by atoms with van der Waals surface area (Å²) in [4.78, 5) is 30.5. The molecule has 8 rings (SSSR count). The number of benzene rings is 5. The van der Waals surface area contributed by atoms with E-state index in [1.54, 1.807) is 12.1 Å². The van der Waals surface area contributed by atoms with Crippen LogP contribution in [0, 0.1) is 17.8 Å². The van der Waals surface area contributed by atoms with Crippen LogP contribution in [0.25, 0.3) is 6.08 Å². The highest BCUT2D eigenvalue weighted by atomic mass is 28.4. The number of nitrogens with one attached hydrogen (secondary N) is 1. The van der Waals surface area contributed by atoms with Crippen LogP contribution in [-0.4, -0.2) is 44.6 Å². The van der Waals surface area contributed by atoms with Crippen molar-refractivity contribution in [1.29, 1.82) is 0 Å². The lowest BCUT2D eigenvalue weighted by Gasteiger charge is -2.44. The lowest BCUT2D eigenvalue weighted by molar-refractivity contribution is -0.122. The number of aromatic hydroxyl groups is 1. The molecule has 0 spiro atoms. The molecule has 2 heterocycles. The van der Waals surface area contributed by atoms with Crippen LogP contribution in [-0.2, 0) is 18.8 Å². The summed E-state index contributed by atoms with van der Waals surface area (Å²) < 4.78 is 14.2. The van der Waals surface area contributed by atoms with Crippen LogP contribution in [0.3, 0.4) is 0 Å². The summed E-state index contributed by atoms with van der Waals surface area (Å²) in [6, 6.07) is 45.9. The van der Waals surface area contributed by atoms with Crippen molar-refractivity contribution in [3.8, 4) is 5.75 Å². The Kier molecular flexibility index (Phi) is 11.1. The van der Waals surface area contributed by atoms with Crippen molar-refractivity contribution < 1.29 is 23.9 Å². The van der Waals surface area contributed by atoms with Crippen LogP contribution in [0.1, 0.15) is 52.5 Å². The van der Waals surface area contributed by atoms with E-state index in [0.717, 1.165) is 40.9 Å². The van der Waals surface area contributed by atoms with Gasteiger partial charge in [0.25, 0.3) is 8.32 Å². The van der Waals surface area contributed by atoms with Gasteiger partial charge < -0.3 is 19.6 Å². The Bertz CT molecular complexity index is 2260. The molecule has 1 aliphatic carbocycles. The SMILES string of the molecule is C/C(=C\c1ccc(O)cc1)CC[C@H]1OC[C@H]2C1=C(CO[Si](c1ccccc1)(c1ccccc1)C(C)(C)C)C[C@H]1C(=O)N(c3ccc(Nc4ccccc4)cc3)C(=O)[C@H]12. The first kappa shape index (κ1) is 39.3. The number of hydrogen-bond acceptors (Lipinski definition) is 6. The van der Waals surface area contributed by atoms with Gasteiger partial charge >= 0.3 is 0 Å². The minimum atomic E-state index is -2.92. The highest BCUT2D eigenvalue weighted by molar-refractivity contribution is 6.99. The number of hydrogen-bond donors (Lipinski definition) is 2. The fraction of sp³-hybridized carbons (Fsp3) is 0.280. The molecule has 296 valence electrons. The molecule has 5 aromatic carbocycles. The second-order valence-corrected chi connectivity index (χ2v) is 21.3. The maximum atomic E-state index is 14.6. The lowest BCUT2D eigenvalue weighted by Crippen LogP contribution is -2.66. The Balaban J connectivity index is 1.13. The van der Waals surface area contributed by atoms with E-state index < -0.39 is 20.2 Å². The van der Waals surface area contributed by atoms with Crippen molar-refractivity contribution >= 4 is 53.6 Å². The molecule has 3 aliphatic rings. The number of anilines is 3. The number of amides is 2. The number of nitrogens with zero attached hydrogens (tertiary/aromatic N) is 1. The predicted molar refractivity (Wildman–Crippen MR) is 235 cm³/mol. The van der Waals surface area contributed by atoms with Crippen molar-refractivity contribution in [2.75, 3.05) is 23.4 Å². The van der Waals surface area contributed by atoms with Crippen LogP contribution in [0.4, 0.5) is 17.1 Å². The molecule has 58 heavy (non-hydrogen) atoms. The number of imide groups is 1. The number of carbonyl (C=O) groups is 2. The molecule has 4 atom stereocenters. The molecule has 7 nitrogen and oxygen atoms in total. The maximum Gasteiger partial charge on any atom is 0.261 e. The number of para-hydroxylation sites is 1. The monoisotopic (exact) mass is 788 g/mol. The molecule has 2 N–H and O–H groups in total. The minimum absolute atomic E-state index is 0.152. The molecule has 2 fully saturated rings. The van der Waals surface area contributed by atoms with E-state index >= 15 is 0 Å². The first-order valence-electron chi connectivity index (χ1n) is 20.4. The van der Waals surface area contributed by atoms with Gasteiger partial charge in [-0.15, -0.1) is 0 Å². The van der Waals surface area contributed by atoms with Gasteiger partial charge in [-0.3, -0.25) is 14.5 Å². The van der Waals surface area contributed by atoms with Gasteiger partial charge in [0.2, 0.25) is 11.8 Å². The second-order valence-electron chi connectivity index (χ2n) is 16.9. The van der Waals surface area contributed by atoms with Gasteiger partial charge in [0.15, 0.2) is 0 Å². The summed E-state index contributed by atoms with van der Waals surface area (Å²) in [5.74, 6) is -1.29. The smallest absolute Gasteiger partial charge is 0.261 e. The van der Waals surface area contributed by atoms with Crippen molar-refractivity contribution in [2.24, 2.45) is 17.8 Å². The molecule has 0 bridgehead atoms. The standard InChI is InChI=1S/C50H52N2O5Si/c1-34(30-35-21-27-40(53)28-22-35)20-29-45-46-36(32-57-58(50(2,3)4,41-16-10-6-11-17-41)42-18-12-7-13-19-42)31-43-47(44(46)33-56-45)49(55)52(48(43)54)39-25-23-38(24-26-39)51-37-14-8-5-9-15-37/h5-19,21-28,30,43-45,47,51,53H,20,29,31-33H2,1-4H3/b34-30+/t43-,44+,45-,47-/m1/s1. The van der Waals surface area contributed by atoms with E-state index in [9.17, 15) is 14.7 Å². The molecule has 0 radical (unpaired) electrons. The molecule has 5 aromatic rings. The number of carbonyl (C=O) groups excluding carboxylic acids is 2. The Morgan fingerprint density at radius 3 is 1.98 bits per heavy atom. The average Bonchev–Trinajstić information content (AvgIpc) is 3.76. The summed E-state index contributed by atoms with van der Waals surface area (Å²) >= 11 is 0. The van der Waals surface area contributed by atoms with Crippen molar-refractivity contribution in [3.63, 3.8) is 0 Å². The summed E-state index contributed by atoms with van der Waals surface area (Å²) in [7, 11) is -2.92. The average molecular weight is 789 g/mol. The third-order valence-electron chi connectivity index (χ3n) is 12.2. The van der Waals surface area contributed by atoms with Crippen LogP contribution in [0.5, 0.6) is 5.75 Å². The quantitative estimate of drug-likeness (QED) is 0.0745. The van der Waals surface area contributed by atoms with E-state index in [0.29, 0.717) is 25.3 Å². The Morgan fingerprint density at radius 2 is 1.38 bits per heavy atom. The zero-order valence-corrected chi connectivity index (χ0v) is 34.7. The minimum Gasteiger partial charge on any atom is -0.508 e.